The Hall–Kier alpha value is -1.43. The van der Waals surface area contributed by atoms with Gasteiger partial charge >= 0.3 is 6.18 Å². The Morgan fingerprint density at radius 2 is 1.69 bits per heavy atom. The van der Waals surface area contributed by atoms with E-state index in [1.54, 1.807) is 14.2 Å². The Kier molecular flexibility index (Phi) is 11.5. The molecule has 1 aliphatic rings. The van der Waals surface area contributed by atoms with Crippen LogP contribution in [-0.4, -0.2) is 77.0 Å². The summed E-state index contributed by atoms with van der Waals surface area (Å²) >= 11 is 0. The maximum atomic E-state index is 12.2. The van der Waals surface area contributed by atoms with Crippen LogP contribution in [0.3, 0.4) is 0 Å². The van der Waals surface area contributed by atoms with Crippen LogP contribution < -0.4 is 20.3 Å². The number of guanidine groups is 1. The van der Waals surface area contributed by atoms with Crippen LogP contribution in [0.15, 0.2) is 29.3 Å². The summed E-state index contributed by atoms with van der Waals surface area (Å²) in [5.74, 6) is 1.27. The summed E-state index contributed by atoms with van der Waals surface area (Å²) in [5.41, 5.74) is 1.20. The molecule has 10 heteroatoms. The maximum Gasteiger partial charge on any atom is 0.390 e. The number of rotatable bonds is 8. The average Bonchev–Trinajstić information content (AvgIpc) is 2.69. The van der Waals surface area contributed by atoms with Crippen LogP contribution in [0.5, 0.6) is 5.75 Å². The minimum atomic E-state index is -4.15. The van der Waals surface area contributed by atoms with E-state index in [2.05, 4.69) is 37.6 Å². The molecule has 2 N–H and O–H groups in total. The fourth-order valence-corrected chi connectivity index (χ4v) is 3.08. The minimum absolute atomic E-state index is 0. The van der Waals surface area contributed by atoms with Crippen molar-refractivity contribution >= 4 is 35.6 Å². The number of halogens is 4. The molecule has 0 amide bonds. The Labute approximate surface area is 187 Å². The zero-order chi connectivity index (χ0) is 20.4. The fraction of sp³-hybridized carbons (Fsp3) is 0.632. The van der Waals surface area contributed by atoms with E-state index in [0.717, 1.165) is 44.9 Å². The normalized spacial score (nSPS) is 15.6. The fourth-order valence-electron chi connectivity index (χ4n) is 3.08. The summed E-state index contributed by atoms with van der Waals surface area (Å²) in [6.07, 6.45) is -4.12. The zero-order valence-corrected chi connectivity index (χ0v) is 19.3. The van der Waals surface area contributed by atoms with Gasteiger partial charge in [-0.05, 0) is 37.2 Å². The van der Waals surface area contributed by atoms with Crippen LogP contribution in [0.1, 0.15) is 12.8 Å². The van der Waals surface area contributed by atoms with E-state index in [4.69, 9.17) is 4.74 Å². The molecule has 1 fully saturated rings. The molecule has 0 unspecified atom stereocenters. The molecule has 166 valence electrons. The van der Waals surface area contributed by atoms with E-state index >= 15 is 0 Å². The molecule has 0 aromatic heterocycles. The molecule has 6 nitrogen and oxygen atoms in total. The Morgan fingerprint density at radius 1 is 1.07 bits per heavy atom. The third kappa shape index (κ3) is 9.75. The number of piperazine rings is 1. The number of aliphatic imine (C=N–C) groups is 1. The van der Waals surface area contributed by atoms with Gasteiger partial charge in [0.05, 0.1) is 13.5 Å². The molecule has 0 radical (unpaired) electrons. The minimum Gasteiger partial charge on any atom is -0.497 e. The van der Waals surface area contributed by atoms with E-state index in [9.17, 15) is 13.2 Å². The molecule has 29 heavy (non-hydrogen) atoms. The SMILES string of the molecule is CN=C(NCCCN1CCN(c2ccc(OC)cc2)CC1)NCCC(F)(F)F.I. The zero-order valence-electron chi connectivity index (χ0n) is 17.0. The molecule has 1 saturated heterocycles. The van der Waals surface area contributed by atoms with Gasteiger partial charge in [0.25, 0.3) is 0 Å². The van der Waals surface area contributed by atoms with Gasteiger partial charge in [-0.1, -0.05) is 0 Å². The molecule has 0 atom stereocenters. The summed E-state index contributed by atoms with van der Waals surface area (Å²) in [4.78, 5) is 8.71. The number of hydrogen-bond acceptors (Lipinski definition) is 4. The largest absolute Gasteiger partial charge is 0.497 e. The third-order valence-corrected chi connectivity index (χ3v) is 4.68. The van der Waals surface area contributed by atoms with Crippen molar-refractivity contribution in [2.75, 3.05) is 64.9 Å². The number of nitrogens with zero attached hydrogens (tertiary/aromatic N) is 3. The summed E-state index contributed by atoms with van der Waals surface area (Å²) in [5, 5.41) is 5.75. The van der Waals surface area contributed by atoms with Gasteiger partial charge in [0.15, 0.2) is 5.96 Å². The van der Waals surface area contributed by atoms with Crippen molar-refractivity contribution in [3.05, 3.63) is 24.3 Å². The Morgan fingerprint density at radius 3 is 2.24 bits per heavy atom. The molecular formula is C19H31F3IN5O. The lowest BCUT2D eigenvalue weighted by Crippen LogP contribution is -2.47. The van der Waals surface area contributed by atoms with E-state index in [1.807, 2.05) is 12.1 Å². The van der Waals surface area contributed by atoms with Gasteiger partial charge in [-0.3, -0.25) is 9.89 Å². The molecule has 0 bridgehead atoms. The van der Waals surface area contributed by atoms with Gasteiger partial charge in [-0.25, -0.2) is 0 Å². The van der Waals surface area contributed by atoms with Gasteiger partial charge in [0.2, 0.25) is 0 Å². The summed E-state index contributed by atoms with van der Waals surface area (Å²) in [6, 6.07) is 8.11. The number of ether oxygens (including phenoxy) is 1. The van der Waals surface area contributed by atoms with Crippen molar-refractivity contribution in [2.24, 2.45) is 4.99 Å². The number of nitrogens with one attached hydrogen (secondary N) is 2. The standard InChI is InChI=1S/C19H30F3N5O.HI/c1-23-18(25-10-8-19(20,21)22)24-9-3-11-26-12-14-27(15-13-26)16-4-6-17(28-2)7-5-16;/h4-7H,3,8-15H2,1-2H3,(H2,23,24,25);1H. The monoisotopic (exact) mass is 529 g/mol. The first-order chi connectivity index (χ1) is 13.4. The van der Waals surface area contributed by atoms with Crippen LogP contribution in [0.2, 0.25) is 0 Å². The van der Waals surface area contributed by atoms with Crippen molar-refractivity contribution in [1.29, 1.82) is 0 Å². The molecular weight excluding hydrogens is 498 g/mol. The van der Waals surface area contributed by atoms with Crippen molar-refractivity contribution in [1.82, 2.24) is 15.5 Å². The number of alkyl halides is 3. The third-order valence-electron chi connectivity index (χ3n) is 4.68. The molecule has 1 aromatic carbocycles. The van der Waals surface area contributed by atoms with Crippen LogP contribution >= 0.6 is 24.0 Å². The highest BCUT2D eigenvalue weighted by atomic mass is 127. The number of hydrogen-bond donors (Lipinski definition) is 2. The van der Waals surface area contributed by atoms with Crippen LogP contribution in [0, 0.1) is 0 Å². The molecule has 2 rings (SSSR count). The average molecular weight is 529 g/mol. The van der Waals surface area contributed by atoms with Gasteiger partial charge in [-0.2, -0.15) is 13.2 Å². The highest BCUT2D eigenvalue weighted by Crippen LogP contribution is 2.20. The quantitative estimate of drug-likeness (QED) is 0.235. The van der Waals surface area contributed by atoms with Crippen molar-refractivity contribution in [2.45, 2.75) is 19.0 Å². The molecule has 1 heterocycles. The van der Waals surface area contributed by atoms with Crippen molar-refractivity contribution < 1.29 is 17.9 Å². The summed E-state index contributed by atoms with van der Waals surface area (Å²) in [7, 11) is 3.22. The predicted octanol–water partition coefficient (Wildman–Crippen LogP) is 2.94. The number of benzene rings is 1. The maximum absolute atomic E-state index is 12.2. The van der Waals surface area contributed by atoms with Crippen LogP contribution in [-0.2, 0) is 0 Å². The summed E-state index contributed by atoms with van der Waals surface area (Å²) < 4.78 is 41.7. The second-order valence-corrected chi connectivity index (χ2v) is 6.67. The lowest BCUT2D eigenvalue weighted by molar-refractivity contribution is -0.132. The molecule has 0 saturated carbocycles. The van der Waals surface area contributed by atoms with E-state index in [0.29, 0.717) is 12.5 Å². The van der Waals surface area contributed by atoms with Gasteiger partial charge < -0.3 is 20.3 Å². The van der Waals surface area contributed by atoms with E-state index < -0.39 is 12.6 Å². The lowest BCUT2D eigenvalue weighted by Gasteiger charge is -2.36. The molecule has 1 aromatic rings. The van der Waals surface area contributed by atoms with Crippen LogP contribution in [0.25, 0.3) is 0 Å². The molecule has 0 spiro atoms. The molecule has 1 aliphatic heterocycles. The van der Waals surface area contributed by atoms with Crippen LogP contribution in [0.4, 0.5) is 18.9 Å². The first kappa shape index (κ1) is 25.6. The highest BCUT2D eigenvalue weighted by Gasteiger charge is 2.26. The second kappa shape index (κ2) is 13.0. The van der Waals surface area contributed by atoms with Gasteiger partial charge in [0.1, 0.15) is 5.75 Å². The first-order valence-electron chi connectivity index (χ1n) is 9.54. The molecule has 0 aliphatic carbocycles. The summed E-state index contributed by atoms with van der Waals surface area (Å²) in [6.45, 7) is 5.37. The van der Waals surface area contributed by atoms with Crippen molar-refractivity contribution in [3.8, 4) is 5.75 Å². The predicted molar refractivity (Wildman–Crippen MR) is 122 cm³/mol. The topological polar surface area (TPSA) is 52.1 Å². The van der Waals surface area contributed by atoms with E-state index in [-0.39, 0.29) is 30.5 Å². The van der Waals surface area contributed by atoms with E-state index in [1.165, 1.54) is 5.69 Å². The first-order valence-corrected chi connectivity index (χ1v) is 9.54. The smallest absolute Gasteiger partial charge is 0.390 e. The van der Waals surface area contributed by atoms with Gasteiger partial charge in [0, 0.05) is 52.0 Å². The Bertz CT molecular complexity index is 605. The number of anilines is 1. The number of methoxy groups -OCH3 is 1. The Balaban J connectivity index is 0.00000420. The highest BCUT2D eigenvalue weighted by molar-refractivity contribution is 14.0. The van der Waals surface area contributed by atoms with Gasteiger partial charge in [-0.15, -0.1) is 24.0 Å². The lowest BCUT2D eigenvalue weighted by atomic mass is 10.2. The van der Waals surface area contributed by atoms with Crippen molar-refractivity contribution in [3.63, 3.8) is 0 Å². The second-order valence-electron chi connectivity index (χ2n) is 6.67.